The van der Waals surface area contributed by atoms with E-state index >= 15 is 0 Å². The summed E-state index contributed by atoms with van der Waals surface area (Å²) < 4.78 is 11.9. The Kier molecular flexibility index (Phi) is 5.08. The second kappa shape index (κ2) is 7.50. The van der Waals surface area contributed by atoms with Crippen LogP contribution in [0.2, 0.25) is 0 Å². The van der Waals surface area contributed by atoms with E-state index in [1.54, 1.807) is 0 Å². The SMILES string of the molecule is CCOc1ccc(CC2=CC(C3CC(O)CC4(CC4)O3)CC=C2C#N)cc1. The minimum atomic E-state index is -0.268. The number of aliphatic hydroxyl groups excluding tert-OH is 1. The van der Waals surface area contributed by atoms with Crippen molar-refractivity contribution in [2.24, 2.45) is 5.92 Å². The van der Waals surface area contributed by atoms with Gasteiger partial charge in [-0.3, -0.25) is 0 Å². The number of benzene rings is 1. The summed E-state index contributed by atoms with van der Waals surface area (Å²) in [4.78, 5) is 0. The highest BCUT2D eigenvalue weighted by Gasteiger charge is 2.51. The first kappa shape index (κ1) is 18.3. The zero-order valence-corrected chi connectivity index (χ0v) is 15.9. The minimum Gasteiger partial charge on any atom is -0.494 e. The van der Waals surface area contributed by atoms with Crippen molar-refractivity contribution in [1.82, 2.24) is 0 Å². The lowest BCUT2D eigenvalue weighted by Crippen LogP contribution is -2.41. The Balaban J connectivity index is 1.50. The maximum absolute atomic E-state index is 10.3. The predicted octanol–water partition coefficient (Wildman–Crippen LogP) is 4.10. The number of hydrogen-bond donors (Lipinski definition) is 1. The van der Waals surface area contributed by atoms with Gasteiger partial charge in [0.05, 0.1) is 36.1 Å². The monoisotopic (exact) mass is 365 g/mol. The highest BCUT2D eigenvalue weighted by Crippen LogP contribution is 2.50. The summed E-state index contributed by atoms with van der Waals surface area (Å²) in [6, 6.07) is 10.4. The van der Waals surface area contributed by atoms with Crippen LogP contribution in [0.3, 0.4) is 0 Å². The molecule has 3 aliphatic rings. The van der Waals surface area contributed by atoms with Gasteiger partial charge >= 0.3 is 0 Å². The molecule has 1 aromatic carbocycles. The molecule has 0 bridgehead atoms. The largest absolute Gasteiger partial charge is 0.494 e. The molecule has 27 heavy (non-hydrogen) atoms. The van der Waals surface area contributed by atoms with E-state index in [-0.39, 0.29) is 23.7 Å². The van der Waals surface area contributed by atoms with E-state index in [9.17, 15) is 10.4 Å². The fourth-order valence-electron chi connectivity index (χ4n) is 4.34. The standard InChI is InChI=1S/C23H27NO3/c1-2-26-21-7-3-16(4-8-21)11-19-12-17(5-6-18(19)15-24)22-13-20(25)14-23(27-22)9-10-23/h3-4,6-8,12,17,20,22,25H,2,5,9-11,13-14H2,1H3. The number of nitrogens with zero attached hydrogens (tertiary/aromatic N) is 1. The minimum absolute atomic E-state index is 0.0445. The van der Waals surface area contributed by atoms with Crippen LogP contribution in [0.4, 0.5) is 0 Å². The molecule has 0 radical (unpaired) electrons. The van der Waals surface area contributed by atoms with Crippen molar-refractivity contribution in [3.8, 4) is 11.8 Å². The van der Waals surface area contributed by atoms with Gasteiger partial charge in [0.2, 0.25) is 0 Å². The quantitative estimate of drug-likeness (QED) is 0.853. The van der Waals surface area contributed by atoms with E-state index in [0.29, 0.717) is 13.0 Å². The molecule has 0 amide bonds. The van der Waals surface area contributed by atoms with Crippen molar-refractivity contribution >= 4 is 0 Å². The van der Waals surface area contributed by atoms with Crippen molar-refractivity contribution in [3.05, 3.63) is 53.1 Å². The predicted molar refractivity (Wildman–Crippen MR) is 103 cm³/mol. The topological polar surface area (TPSA) is 62.5 Å². The lowest BCUT2D eigenvalue weighted by molar-refractivity contribution is -0.124. The molecule has 2 fully saturated rings. The normalized spacial score (nSPS) is 28.9. The highest BCUT2D eigenvalue weighted by atomic mass is 16.5. The summed E-state index contributed by atoms with van der Waals surface area (Å²) in [5.41, 5.74) is 2.92. The summed E-state index contributed by atoms with van der Waals surface area (Å²) in [5, 5.41) is 19.8. The Bertz CT molecular complexity index is 783. The molecule has 3 unspecified atom stereocenters. The van der Waals surface area contributed by atoms with Crippen LogP contribution in [0.25, 0.3) is 0 Å². The van der Waals surface area contributed by atoms with E-state index in [0.717, 1.165) is 54.6 Å². The van der Waals surface area contributed by atoms with Crippen LogP contribution < -0.4 is 4.74 Å². The van der Waals surface area contributed by atoms with Crippen LogP contribution in [0, 0.1) is 17.2 Å². The van der Waals surface area contributed by atoms with Crippen LogP contribution in [0.15, 0.2) is 47.6 Å². The molecule has 1 saturated heterocycles. The number of nitriles is 1. The number of hydrogen-bond acceptors (Lipinski definition) is 4. The van der Waals surface area contributed by atoms with E-state index < -0.39 is 0 Å². The fourth-order valence-corrected chi connectivity index (χ4v) is 4.34. The van der Waals surface area contributed by atoms with Gasteiger partial charge in [-0.2, -0.15) is 5.26 Å². The van der Waals surface area contributed by atoms with Gasteiger partial charge in [0.15, 0.2) is 0 Å². The van der Waals surface area contributed by atoms with Gasteiger partial charge in [0.1, 0.15) is 5.75 Å². The Morgan fingerprint density at radius 2 is 2.07 bits per heavy atom. The van der Waals surface area contributed by atoms with Gasteiger partial charge in [-0.25, -0.2) is 0 Å². The van der Waals surface area contributed by atoms with Gasteiger partial charge < -0.3 is 14.6 Å². The van der Waals surface area contributed by atoms with Crippen molar-refractivity contribution in [2.75, 3.05) is 6.61 Å². The molecule has 4 heteroatoms. The maximum Gasteiger partial charge on any atom is 0.119 e. The fraction of sp³-hybridized carbons (Fsp3) is 0.522. The third-order valence-corrected chi connectivity index (χ3v) is 5.90. The van der Waals surface area contributed by atoms with Crippen LogP contribution in [0.1, 0.15) is 44.6 Å². The Morgan fingerprint density at radius 1 is 1.30 bits per heavy atom. The number of rotatable bonds is 5. The van der Waals surface area contributed by atoms with Crippen molar-refractivity contribution in [3.63, 3.8) is 0 Å². The molecule has 0 aromatic heterocycles. The van der Waals surface area contributed by atoms with Crippen LogP contribution in [-0.4, -0.2) is 29.5 Å². The third-order valence-electron chi connectivity index (χ3n) is 5.90. The highest BCUT2D eigenvalue weighted by molar-refractivity contribution is 5.47. The molecule has 1 N–H and O–H groups in total. The van der Waals surface area contributed by atoms with Crippen molar-refractivity contribution in [2.45, 2.75) is 63.3 Å². The van der Waals surface area contributed by atoms with Gasteiger partial charge in [-0.1, -0.05) is 24.3 Å². The second-order valence-corrected chi connectivity index (χ2v) is 8.01. The Morgan fingerprint density at radius 3 is 2.74 bits per heavy atom. The van der Waals surface area contributed by atoms with Crippen LogP contribution >= 0.6 is 0 Å². The van der Waals surface area contributed by atoms with E-state index in [1.165, 1.54) is 0 Å². The number of aliphatic hydroxyl groups is 1. The van der Waals surface area contributed by atoms with Gasteiger partial charge in [0, 0.05) is 18.8 Å². The number of allylic oxidation sites excluding steroid dienone is 3. The first-order chi connectivity index (χ1) is 13.1. The average molecular weight is 365 g/mol. The molecule has 1 saturated carbocycles. The first-order valence-corrected chi connectivity index (χ1v) is 10.00. The molecule has 2 aliphatic carbocycles. The molecule has 1 aliphatic heterocycles. The molecule has 142 valence electrons. The Hall–Kier alpha value is -2.09. The van der Waals surface area contributed by atoms with Gasteiger partial charge in [-0.05, 0) is 55.9 Å². The summed E-state index contributed by atoms with van der Waals surface area (Å²) in [6.07, 6.45) is 9.16. The lowest BCUT2D eigenvalue weighted by Gasteiger charge is -2.38. The zero-order chi connectivity index (χ0) is 18.9. The molecule has 1 spiro atoms. The average Bonchev–Trinajstić information content (AvgIpc) is 3.41. The summed E-state index contributed by atoms with van der Waals surface area (Å²) in [5.74, 6) is 1.10. The van der Waals surface area contributed by atoms with E-state index in [1.807, 2.05) is 25.1 Å². The van der Waals surface area contributed by atoms with Crippen LogP contribution in [-0.2, 0) is 11.2 Å². The molecule has 4 nitrogen and oxygen atoms in total. The third kappa shape index (κ3) is 4.10. The van der Waals surface area contributed by atoms with Crippen LogP contribution in [0.5, 0.6) is 5.75 Å². The van der Waals surface area contributed by atoms with E-state index in [4.69, 9.17) is 9.47 Å². The van der Waals surface area contributed by atoms with E-state index in [2.05, 4.69) is 24.3 Å². The summed E-state index contributed by atoms with van der Waals surface area (Å²) >= 11 is 0. The molecule has 3 atom stereocenters. The Labute approximate surface area is 161 Å². The molecule has 1 heterocycles. The smallest absolute Gasteiger partial charge is 0.119 e. The van der Waals surface area contributed by atoms with Crippen molar-refractivity contribution in [1.29, 1.82) is 5.26 Å². The molecule has 1 aromatic rings. The molecular weight excluding hydrogens is 338 g/mol. The zero-order valence-electron chi connectivity index (χ0n) is 15.9. The summed E-state index contributed by atoms with van der Waals surface area (Å²) in [6.45, 7) is 2.63. The first-order valence-electron chi connectivity index (χ1n) is 10.00. The van der Waals surface area contributed by atoms with Gasteiger partial charge in [0.25, 0.3) is 0 Å². The summed E-state index contributed by atoms with van der Waals surface area (Å²) in [7, 11) is 0. The van der Waals surface area contributed by atoms with Gasteiger partial charge in [-0.15, -0.1) is 0 Å². The lowest BCUT2D eigenvalue weighted by atomic mass is 9.82. The molecular formula is C23H27NO3. The second-order valence-electron chi connectivity index (χ2n) is 8.01. The molecule has 4 rings (SSSR count). The maximum atomic E-state index is 10.3. The van der Waals surface area contributed by atoms with Crippen molar-refractivity contribution < 1.29 is 14.6 Å². The number of ether oxygens (including phenoxy) is 2.